The highest BCUT2D eigenvalue weighted by Gasteiger charge is 2.39. The lowest BCUT2D eigenvalue weighted by molar-refractivity contribution is 0.0926. The van der Waals surface area contributed by atoms with Gasteiger partial charge in [0.15, 0.2) is 0 Å². The highest BCUT2D eigenvalue weighted by atomic mass is 32.1. The molecule has 4 aromatic rings. The highest BCUT2D eigenvalue weighted by molar-refractivity contribution is 7.15. The maximum atomic E-state index is 12.8. The molecule has 5 rings (SSSR count). The summed E-state index contributed by atoms with van der Waals surface area (Å²) in [6, 6.07) is 11.5. The Morgan fingerprint density at radius 2 is 1.75 bits per heavy atom. The predicted octanol–water partition coefficient (Wildman–Crippen LogP) is 2.82. The zero-order valence-corrected chi connectivity index (χ0v) is 15.2. The van der Waals surface area contributed by atoms with Gasteiger partial charge in [0.05, 0.1) is 22.0 Å². The fourth-order valence-corrected chi connectivity index (χ4v) is 3.75. The van der Waals surface area contributed by atoms with Gasteiger partial charge in [-0.3, -0.25) is 9.59 Å². The molecular weight excluding hydrogens is 380 g/mol. The minimum Gasteiger partial charge on any atom is -0.403 e. The van der Waals surface area contributed by atoms with E-state index in [4.69, 9.17) is 4.42 Å². The molecule has 0 radical (unpaired) electrons. The van der Waals surface area contributed by atoms with Crippen LogP contribution in [0.3, 0.4) is 0 Å². The number of benzene rings is 2. The van der Waals surface area contributed by atoms with Crippen molar-refractivity contribution in [3.8, 4) is 11.5 Å². The molecule has 0 spiro atoms. The van der Waals surface area contributed by atoms with Crippen LogP contribution in [0.1, 0.15) is 25.7 Å². The highest BCUT2D eigenvalue weighted by Crippen LogP contribution is 2.32. The van der Waals surface area contributed by atoms with Crippen LogP contribution in [0.25, 0.3) is 22.4 Å². The molecule has 0 atom stereocenters. The lowest BCUT2D eigenvalue weighted by atomic mass is 10.1. The van der Waals surface area contributed by atoms with Gasteiger partial charge in [0.1, 0.15) is 5.01 Å². The van der Waals surface area contributed by atoms with Crippen LogP contribution < -0.4 is 10.5 Å². The number of nitrogens with zero attached hydrogens (tertiary/aromatic N) is 4. The molecule has 0 N–H and O–H groups in total. The van der Waals surface area contributed by atoms with E-state index in [1.54, 1.807) is 37.3 Å². The fraction of sp³-hybridized carbons (Fsp3) is 0.0526. The van der Waals surface area contributed by atoms with Crippen LogP contribution in [-0.4, -0.2) is 27.0 Å². The molecule has 1 aliphatic heterocycles. The van der Waals surface area contributed by atoms with Crippen molar-refractivity contribution in [2.75, 3.05) is 4.90 Å². The molecule has 0 bridgehead atoms. The SMILES string of the molecule is Cc1nnc(N2C(=O)c3ccc(-c4nc5ccccc5c(=O)o4)cc3C2=O)s1. The zero-order chi connectivity index (χ0) is 19.4. The Morgan fingerprint density at radius 3 is 2.54 bits per heavy atom. The number of anilines is 1. The number of rotatable bonds is 2. The molecule has 9 heteroatoms. The summed E-state index contributed by atoms with van der Waals surface area (Å²) in [5.74, 6) is -0.881. The third-order valence-corrected chi connectivity index (χ3v) is 5.20. The lowest BCUT2D eigenvalue weighted by Gasteiger charge is -2.07. The largest absolute Gasteiger partial charge is 0.403 e. The van der Waals surface area contributed by atoms with Crippen molar-refractivity contribution in [2.45, 2.75) is 6.92 Å². The van der Waals surface area contributed by atoms with Crippen LogP contribution in [0.15, 0.2) is 51.7 Å². The van der Waals surface area contributed by atoms with E-state index in [0.29, 0.717) is 21.5 Å². The second kappa shape index (κ2) is 5.89. The van der Waals surface area contributed by atoms with E-state index in [1.807, 2.05) is 0 Å². The molecule has 0 unspecified atom stereocenters. The predicted molar refractivity (Wildman–Crippen MR) is 102 cm³/mol. The lowest BCUT2D eigenvalue weighted by Crippen LogP contribution is -2.29. The Kier molecular flexibility index (Phi) is 3.46. The molecule has 136 valence electrons. The van der Waals surface area contributed by atoms with Crippen molar-refractivity contribution in [3.63, 3.8) is 0 Å². The number of imide groups is 1. The third-order valence-electron chi connectivity index (χ3n) is 4.38. The maximum Gasteiger partial charge on any atom is 0.347 e. The minimum absolute atomic E-state index is 0.0805. The van der Waals surface area contributed by atoms with E-state index in [-0.39, 0.29) is 22.1 Å². The van der Waals surface area contributed by atoms with Gasteiger partial charge in [0, 0.05) is 5.56 Å². The number of amides is 2. The Labute approximate surface area is 161 Å². The van der Waals surface area contributed by atoms with Gasteiger partial charge in [-0.2, -0.15) is 0 Å². The van der Waals surface area contributed by atoms with Crippen LogP contribution in [0, 0.1) is 6.92 Å². The Hall–Kier alpha value is -3.72. The van der Waals surface area contributed by atoms with E-state index in [2.05, 4.69) is 15.2 Å². The molecule has 8 nitrogen and oxygen atoms in total. The van der Waals surface area contributed by atoms with E-state index < -0.39 is 17.4 Å². The fourth-order valence-electron chi connectivity index (χ4n) is 3.07. The molecular formula is C19H10N4O4S. The smallest absolute Gasteiger partial charge is 0.347 e. The second-order valence-corrected chi connectivity index (χ2v) is 7.29. The number of carbonyl (C=O) groups excluding carboxylic acids is 2. The van der Waals surface area contributed by atoms with Gasteiger partial charge < -0.3 is 4.42 Å². The molecule has 0 saturated heterocycles. The van der Waals surface area contributed by atoms with Crippen LogP contribution >= 0.6 is 11.3 Å². The van der Waals surface area contributed by atoms with Crippen molar-refractivity contribution >= 4 is 39.2 Å². The van der Waals surface area contributed by atoms with Crippen molar-refractivity contribution in [1.29, 1.82) is 0 Å². The normalized spacial score (nSPS) is 13.4. The summed E-state index contributed by atoms with van der Waals surface area (Å²) in [5, 5.41) is 8.99. The molecule has 28 heavy (non-hydrogen) atoms. The van der Waals surface area contributed by atoms with Gasteiger partial charge >= 0.3 is 5.63 Å². The van der Waals surface area contributed by atoms with Crippen LogP contribution in [0.4, 0.5) is 5.13 Å². The Balaban J connectivity index is 1.62. The summed E-state index contributed by atoms with van der Waals surface area (Å²) in [7, 11) is 0. The number of hydrogen-bond acceptors (Lipinski definition) is 8. The topological polar surface area (TPSA) is 106 Å². The van der Waals surface area contributed by atoms with Crippen LogP contribution in [0.5, 0.6) is 0 Å². The van der Waals surface area contributed by atoms with Crippen molar-refractivity contribution < 1.29 is 14.0 Å². The number of carbonyl (C=O) groups is 2. The van der Waals surface area contributed by atoms with Gasteiger partial charge in [-0.1, -0.05) is 23.5 Å². The number of fused-ring (bicyclic) bond motifs is 2. The quantitative estimate of drug-likeness (QED) is 0.485. The van der Waals surface area contributed by atoms with Gasteiger partial charge in [-0.15, -0.1) is 10.2 Å². The first-order valence-corrected chi connectivity index (χ1v) is 9.08. The third kappa shape index (κ3) is 2.37. The molecule has 2 amide bonds. The molecule has 1 aliphatic rings. The molecule has 2 aromatic carbocycles. The molecule has 0 aliphatic carbocycles. The summed E-state index contributed by atoms with van der Waals surface area (Å²) in [5.41, 5.74) is 0.854. The zero-order valence-electron chi connectivity index (χ0n) is 14.4. The molecule has 0 fully saturated rings. The molecule has 3 heterocycles. The van der Waals surface area contributed by atoms with E-state index >= 15 is 0 Å². The van der Waals surface area contributed by atoms with Crippen molar-refractivity contribution in [1.82, 2.24) is 15.2 Å². The first-order valence-electron chi connectivity index (χ1n) is 8.26. The first kappa shape index (κ1) is 16.5. The van der Waals surface area contributed by atoms with Gasteiger partial charge in [0.2, 0.25) is 11.0 Å². The summed E-state index contributed by atoms with van der Waals surface area (Å²) >= 11 is 1.16. The van der Waals surface area contributed by atoms with Gasteiger partial charge in [0.25, 0.3) is 11.8 Å². The summed E-state index contributed by atoms with van der Waals surface area (Å²) in [6.07, 6.45) is 0. The number of hydrogen-bond donors (Lipinski definition) is 0. The maximum absolute atomic E-state index is 12.8. The van der Waals surface area contributed by atoms with Crippen LogP contribution in [0.2, 0.25) is 0 Å². The van der Waals surface area contributed by atoms with Crippen LogP contribution in [-0.2, 0) is 0 Å². The standard InChI is InChI=1S/C19H10N4O4S/c1-9-21-22-19(28-9)23-16(24)11-7-6-10(8-13(11)17(23)25)15-20-14-5-3-2-4-12(14)18(26)27-15/h2-8H,1H3. The van der Waals surface area contributed by atoms with Gasteiger partial charge in [-0.25, -0.2) is 14.7 Å². The number of aryl methyl sites for hydroxylation is 1. The van der Waals surface area contributed by atoms with Crippen molar-refractivity contribution in [2.24, 2.45) is 0 Å². The molecule has 2 aromatic heterocycles. The first-order chi connectivity index (χ1) is 13.5. The average Bonchev–Trinajstić information content (AvgIpc) is 3.22. The Bertz CT molecular complexity index is 1360. The summed E-state index contributed by atoms with van der Waals surface area (Å²) in [4.78, 5) is 43.0. The monoisotopic (exact) mass is 390 g/mol. The number of aromatic nitrogens is 3. The van der Waals surface area contributed by atoms with E-state index in [0.717, 1.165) is 16.2 Å². The minimum atomic E-state index is -0.519. The second-order valence-electron chi connectivity index (χ2n) is 6.13. The molecule has 0 saturated carbocycles. The Morgan fingerprint density at radius 1 is 0.964 bits per heavy atom. The number of para-hydroxylation sites is 1. The van der Waals surface area contributed by atoms with Gasteiger partial charge in [-0.05, 0) is 37.3 Å². The summed E-state index contributed by atoms with van der Waals surface area (Å²) in [6.45, 7) is 1.74. The average molecular weight is 390 g/mol. The van der Waals surface area contributed by atoms with E-state index in [1.165, 1.54) is 12.1 Å². The van der Waals surface area contributed by atoms with Crippen molar-refractivity contribution in [3.05, 3.63) is 69.0 Å². The van der Waals surface area contributed by atoms with E-state index in [9.17, 15) is 14.4 Å². The summed E-state index contributed by atoms with van der Waals surface area (Å²) < 4.78 is 5.32.